The number of hydrogen-bond donors (Lipinski definition) is 0. The maximum atomic E-state index is 13.2. The fourth-order valence-electron chi connectivity index (χ4n) is 5.79. The van der Waals surface area contributed by atoms with Crippen LogP contribution >= 0.6 is 0 Å². The standard InChI is InChI=1S/C20H28O2S/c1-20(2,18-6-4-3-5-7-18)23(21,22)13-19-16-9-14-8-15(11-16)12-17(19)10-14/h3-7,14-17,19H,8-13H2,1-2H3. The van der Waals surface area contributed by atoms with Crippen molar-refractivity contribution in [1.29, 1.82) is 0 Å². The Kier molecular flexibility index (Phi) is 3.64. The van der Waals surface area contributed by atoms with Gasteiger partial charge >= 0.3 is 0 Å². The topological polar surface area (TPSA) is 34.1 Å². The number of hydrogen-bond acceptors (Lipinski definition) is 2. The zero-order valence-electron chi connectivity index (χ0n) is 14.2. The van der Waals surface area contributed by atoms with Gasteiger partial charge in [0, 0.05) is 0 Å². The molecule has 23 heavy (non-hydrogen) atoms. The van der Waals surface area contributed by atoms with Crippen LogP contribution < -0.4 is 0 Å². The average Bonchev–Trinajstić information content (AvgIpc) is 2.51. The molecule has 0 spiro atoms. The Labute approximate surface area is 140 Å². The number of benzene rings is 1. The zero-order valence-corrected chi connectivity index (χ0v) is 15.1. The molecule has 0 N–H and O–H groups in total. The summed E-state index contributed by atoms with van der Waals surface area (Å²) in [5, 5.41) is 0. The molecule has 0 aromatic heterocycles. The second kappa shape index (κ2) is 5.34. The van der Waals surface area contributed by atoms with Gasteiger partial charge in [0.15, 0.2) is 9.84 Å². The third-order valence-corrected chi connectivity index (χ3v) is 9.69. The summed E-state index contributed by atoms with van der Waals surface area (Å²) < 4.78 is 25.7. The quantitative estimate of drug-likeness (QED) is 0.818. The molecule has 4 aliphatic carbocycles. The van der Waals surface area contributed by atoms with E-state index in [9.17, 15) is 8.42 Å². The van der Waals surface area contributed by atoms with E-state index < -0.39 is 14.6 Å². The molecular formula is C20H28O2S. The summed E-state index contributed by atoms with van der Waals surface area (Å²) >= 11 is 0. The summed E-state index contributed by atoms with van der Waals surface area (Å²) in [5.74, 6) is 3.96. The third kappa shape index (κ3) is 2.56. The lowest BCUT2D eigenvalue weighted by Crippen LogP contribution is -2.48. The molecule has 3 heteroatoms. The van der Waals surface area contributed by atoms with Crippen LogP contribution in [0.25, 0.3) is 0 Å². The molecule has 126 valence electrons. The van der Waals surface area contributed by atoms with E-state index in [1.54, 1.807) is 0 Å². The van der Waals surface area contributed by atoms with E-state index in [1.165, 1.54) is 32.1 Å². The van der Waals surface area contributed by atoms with Gasteiger partial charge in [-0.2, -0.15) is 0 Å². The highest BCUT2D eigenvalue weighted by molar-refractivity contribution is 7.92. The van der Waals surface area contributed by atoms with Gasteiger partial charge in [0.05, 0.1) is 10.5 Å². The fourth-order valence-corrected chi connectivity index (χ4v) is 7.75. The van der Waals surface area contributed by atoms with Gasteiger partial charge in [-0.15, -0.1) is 0 Å². The van der Waals surface area contributed by atoms with Crippen LogP contribution in [0.1, 0.15) is 51.5 Å². The van der Waals surface area contributed by atoms with Crippen molar-refractivity contribution >= 4 is 9.84 Å². The highest BCUT2D eigenvalue weighted by Crippen LogP contribution is 2.57. The minimum atomic E-state index is -3.16. The Balaban J connectivity index is 1.58. The lowest BCUT2D eigenvalue weighted by Gasteiger charge is -2.54. The first kappa shape index (κ1) is 15.7. The Morgan fingerprint density at radius 1 is 0.913 bits per heavy atom. The molecule has 1 aromatic carbocycles. The van der Waals surface area contributed by atoms with Crippen molar-refractivity contribution in [2.24, 2.45) is 29.6 Å². The molecular weight excluding hydrogens is 304 g/mol. The van der Waals surface area contributed by atoms with Crippen LogP contribution in [0.5, 0.6) is 0 Å². The summed E-state index contributed by atoms with van der Waals surface area (Å²) in [6.07, 6.45) is 6.58. The average molecular weight is 333 g/mol. The molecule has 1 aromatic rings. The molecule has 0 aliphatic heterocycles. The molecule has 0 amide bonds. The van der Waals surface area contributed by atoms with Crippen molar-refractivity contribution in [2.75, 3.05) is 5.75 Å². The van der Waals surface area contributed by atoms with E-state index in [4.69, 9.17) is 0 Å². The van der Waals surface area contributed by atoms with Gasteiger partial charge < -0.3 is 0 Å². The number of rotatable bonds is 4. The van der Waals surface area contributed by atoms with E-state index in [-0.39, 0.29) is 0 Å². The van der Waals surface area contributed by atoms with Crippen molar-refractivity contribution in [3.63, 3.8) is 0 Å². The van der Waals surface area contributed by atoms with E-state index in [1.807, 2.05) is 44.2 Å². The van der Waals surface area contributed by atoms with Crippen LogP contribution in [0.15, 0.2) is 30.3 Å². The normalized spacial score (nSPS) is 36.3. The second-order valence-corrected chi connectivity index (χ2v) is 11.3. The van der Waals surface area contributed by atoms with Crippen LogP contribution in [-0.4, -0.2) is 14.2 Å². The van der Waals surface area contributed by atoms with E-state index in [0.717, 1.165) is 17.4 Å². The summed E-state index contributed by atoms with van der Waals surface area (Å²) in [4.78, 5) is 0. The number of sulfone groups is 1. The minimum absolute atomic E-state index is 0.393. The van der Waals surface area contributed by atoms with Crippen molar-refractivity contribution in [3.8, 4) is 0 Å². The second-order valence-electron chi connectivity index (χ2n) is 8.75. The van der Waals surface area contributed by atoms with Crippen molar-refractivity contribution < 1.29 is 8.42 Å². The van der Waals surface area contributed by atoms with Crippen LogP contribution in [0.4, 0.5) is 0 Å². The van der Waals surface area contributed by atoms with E-state index in [2.05, 4.69) is 0 Å². The van der Waals surface area contributed by atoms with Gasteiger partial charge in [-0.1, -0.05) is 30.3 Å². The summed E-state index contributed by atoms with van der Waals surface area (Å²) in [6, 6.07) is 9.73. The molecule has 0 atom stereocenters. The smallest absolute Gasteiger partial charge is 0.159 e. The monoisotopic (exact) mass is 332 g/mol. The van der Waals surface area contributed by atoms with Crippen molar-refractivity contribution in [1.82, 2.24) is 0 Å². The molecule has 4 bridgehead atoms. The van der Waals surface area contributed by atoms with E-state index >= 15 is 0 Å². The van der Waals surface area contributed by atoms with Crippen LogP contribution in [-0.2, 0) is 14.6 Å². The van der Waals surface area contributed by atoms with Gasteiger partial charge in [-0.3, -0.25) is 0 Å². The predicted octanol–water partition coefficient (Wildman–Crippen LogP) is 4.41. The first-order valence-corrected chi connectivity index (χ1v) is 10.8. The molecule has 0 unspecified atom stereocenters. The highest BCUT2D eigenvalue weighted by Gasteiger charge is 2.50. The predicted molar refractivity (Wildman–Crippen MR) is 93.8 cm³/mol. The van der Waals surface area contributed by atoms with Crippen LogP contribution in [0, 0.1) is 29.6 Å². The first-order valence-electron chi connectivity index (χ1n) is 9.14. The molecule has 4 fully saturated rings. The van der Waals surface area contributed by atoms with Gasteiger partial charge in [0.25, 0.3) is 0 Å². The van der Waals surface area contributed by atoms with Crippen molar-refractivity contribution in [3.05, 3.63) is 35.9 Å². The van der Waals surface area contributed by atoms with E-state index in [0.29, 0.717) is 23.5 Å². The Bertz CT molecular complexity index is 647. The Hall–Kier alpha value is -0.830. The molecule has 0 heterocycles. The molecule has 0 saturated heterocycles. The molecule has 4 aliphatic rings. The van der Waals surface area contributed by atoms with Gasteiger partial charge in [-0.25, -0.2) is 8.42 Å². The summed E-state index contributed by atoms with van der Waals surface area (Å²) in [5.41, 5.74) is 0.920. The van der Waals surface area contributed by atoms with Crippen LogP contribution in [0.3, 0.4) is 0 Å². The summed E-state index contributed by atoms with van der Waals surface area (Å²) in [6.45, 7) is 3.77. The third-order valence-electron chi connectivity index (χ3n) is 7.08. The van der Waals surface area contributed by atoms with Gasteiger partial charge in [0.1, 0.15) is 0 Å². The minimum Gasteiger partial charge on any atom is -0.228 e. The van der Waals surface area contributed by atoms with Crippen LogP contribution in [0.2, 0.25) is 0 Å². The van der Waals surface area contributed by atoms with Crippen molar-refractivity contribution in [2.45, 2.75) is 50.7 Å². The Morgan fingerprint density at radius 3 is 1.96 bits per heavy atom. The molecule has 0 radical (unpaired) electrons. The zero-order chi connectivity index (χ0) is 16.2. The summed E-state index contributed by atoms with van der Waals surface area (Å²) in [7, 11) is -3.16. The largest absolute Gasteiger partial charge is 0.228 e. The van der Waals surface area contributed by atoms with Gasteiger partial charge in [-0.05, 0) is 81.1 Å². The fraction of sp³-hybridized carbons (Fsp3) is 0.700. The van der Waals surface area contributed by atoms with Gasteiger partial charge in [0.2, 0.25) is 0 Å². The highest BCUT2D eigenvalue weighted by atomic mass is 32.2. The first-order chi connectivity index (χ1) is 10.9. The Morgan fingerprint density at radius 2 is 1.43 bits per heavy atom. The SMILES string of the molecule is CC(C)(c1ccccc1)S(=O)(=O)CC1C2CC3CC(C2)CC1C3. The maximum Gasteiger partial charge on any atom is 0.159 e. The lowest BCUT2D eigenvalue weighted by atomic mass is 9.52. The lowest BCUT2D eigenvalue weighted by molar-refractivity contribution is -0.0269. The molecule has 4 saturated carbocycles. The molecule has 2 nitrogen and oxygen atoms in total. The molecule has 5 rings (SSSR count). The maximum absolute atomic E-state index is 13.2.